The fourth-order valence-electron chi connectivity index (χ4n) is 2.93. The van der Waals surface area contributed by atoms with Crippen LogP contribution in [0.25, 0.3) is 33.3 Å². The number of nitrogens with one attached hydrogen (secondary N) is 1. The molecule has 0 aliphatic rings. The van der Waals surface area contributed by atoms with Gasteiger partial charge in [-0.05, 0) is 47.5 Å². The third kappa shape index (κ3) is 2.32. The van der Waals surface area contributed by atoms with E-state index in [1.165, 1.54) is 0 Å². The van der Waals surface area contributed by atoms with Crippen molar-refractivity contribution in [1.29, 1.82) is 0 Å². The maximum Gasteiger partial charge on any atom is 0.117 e. The summed E-state index contributed by atoms with van der Waals surface area (Å²) >= 11 is 0. The Morgan fingerprint density at radius 1 is 0.652 bits per heavy atom. The molecule has 3 N–H and O–H groups in total. The molecule has 0 fully saturated rings. The van der Waals surface area contributed by atoms with Crippen molar-refractivity contribution in [3.8, 4) is 33.9 Å². The number of aromatic nitrogens is 1. The predicted molar refractivity (Wildman–Crippen MR) is 92.5 cm³/mol. The van der Waals surface area contributed by atoms with Gasteiger partial charge in [0.15, 0.2) is 0 Å². The monoisotopic (exact) mass is 301 g/mol. The first kappa shape index (κ1) is 13.5. The molecule has 0 saturated heterocycles. The molecule has 0 atom stereocenters. The lowest BCUT2D eigenvalue weighted by atomic mass is 9.98. The van der Waals surface area contributed by atoms with E-state index >= 15 is 0 Å². The summed E-state index contributed by atoms with van der Waals surface area (Å²) in [5.41, 5.74) is 5.03. The van der Waals surface area contributed by atoms with Gasteiger partial charge in [-0.2, -0.15) is 0 Å². The van der Waals surface area contributed by atoms with Gasteiger partial charge in [0.1, 0.15) is 11.5 Å². The van der Waals surface area contributed by atoms with Gasteiger partial charge in [0.2, 0.25) is 0 Å². The van der Waals surface area contributed by atoms with Crippen LogP contribution >= 0.6 is 0 Å². The summed E-state index contributed by atoms with van der Waals surface area (Å²) in [6, 6.07) is 22.6. The molecule has 0 aliphatic carbocycles. The van der Waals surface area contributed by atoms with Gasteiger partial charge in [-0.1, -0.05) is 30.3 Å². The molecule has 3 aromatic carbocycles. The molecule has 4 aromatic rings. The molecule has 3 heteroatoms. The van der Waals surface area contributed by atoms with E-state index in [4.69, 9.17) is 0 Å². The highest BCUT2D eigenvalue weighted by Gasteiger charge is 2.15. The van der Waals surface area contributed by atoms with Crippen LogP contribution in [0, 0.1) is 0 Å². The van der Waals surface area contributed by atoms with Crippen LogP contribution in [0.3, 0.4) is 0 Å². The van der Waals surface area contributed by atoms with Gasteiger partial charge in [-0.25, -0.2) is 0 Å². The Hall–Kier alpha value is -3.20. The first-order valence-electron chi connectivity index (χ1n) is 7.42. The number of phenols is 2. The smallest absolute Gasteiger partial charge is 0.117 e. The van der Waals surface area contributed by atoms with Gasteiger partial charge >= 0.3 is 0 Å². The Kier molecular flexibility index (Phi) is 3.05. The van der Waals surface area contributed by atoms with E-state index in [0.29, 0.717) is 0 Å². The number of rotatable bonds is 2. The van der Waals surface area contributed by atoms with Gasteiger partial charge < -0.3 is 15.2 Å². The summed E-state index contributed by atoms with van der Waals surface area (Å²) in [7, 11) is 0. The third-order valence-corrected chi connectivity index (χ3v) is 4.00. The third-order valence-electron chi connectivity index (χ3n) is 4.00. The minimum absolute atomic E-state index is 0.232. The number of aromatic hydroxyl groups is 2. The lowest BCUT2D eigenvalue weighted by Gasteiger charge is -2.06. The molecular weight excluding hydrogens is 286 g/mol. The molecule has 0 unspecified atom stereocenters. The molecule has 112 valence electrons. The molecular formula is C20H15NO2. The van der Waals surface area contributed by atoms with Crippen LogP contribution < -0.4 is 0 Å². The van der Waals surface area contributed by atoms with Gasteiger partial charge in [-0.15, -0.1) is 0 Å². The normalized spacial score (nSPS) is 11.0. The Morgan fingerprint density at radius 3 is 2.09 bits per heavy atom. The molecule has 1 aromatic heterocycles. The minimum atomic E-state index is 0.232. The van der Waals surface area contributed by atoms with E-state index in [2.05, 4.69) is 17.1 Å². The maximum atomic E-state index is 9.75. The number of hydrogen-bond acceptors (Lipinski definition) is 2. The Labute approximate surface area is 133 Å². The summed E-state index contributed by atoms with van der Waals surface area (Å²) in [5.74, 6) is 0.472. The zero-order valence-corrected chi connectivity index (χ0v) is 12.3. The van der Waals surface area contributed by atoms with Crippen molar-refractivity contribution in [3.63, 3.8) is 0 Å². The molecule has 0 spiro atoms. The summed E-state index contributed by atoms with van der Waals surface area (Å²) in [6.45, 7) is 0. The Morgan fingerprint density at radius 2 is 1.35 bits per heavy atom. The molecule has 0 aliphatic heterocycles. The van der Waals surface area contributed by atoms with Crippen molar-refractivity contribution in [2.24, 2.45) is 0 Å². The molecule has 1 heterocycles. The van der Waals surface area contributed by atoms with Crippen molar-refractivity contribution >= 4 is 10.9 Å². The van der Waals surface area contributed by atoms with E-state index in [-0.39, 0.29) is 11.5 Å². The van der Waals surface area contributed by atoms with Crippen molar-refractivity contribution in [2.45, 2.75) is 0 Å². The van der Waals surface area contributed by atoms with Gasteiger partial charge in [-0.3, -0.25) is 0 Å². The predicted octanol–water partition coefficient (Wildman–Crippen LogP) is 4.91. The number of aromatic amines is 1. The highest BCUT2D eigenvalue weighted by Crippen LogP contribution is 2.39. The van der Waals surface area contributed by atoms with Crippen LogP contribution in [0.5, 0.6) is 11.5 Å². The fraction of sp³-hybridized carbons (Fsp3) is 0. The molecule has 3 nitrogen and oxygen atoms in total. The first-order chi connectivity index (χ1) is 11.2. The van der Waals surface area contributed by atoms with Crippen LogP contribution in [0.4, 0.5) is 0 Å². The average Bonchev–Trinajstić information content (AvgIpc) is 2.94. The maximum absolute atomic E-state index is 9.75. The molecule has 0 saturated carbocycles. The summed E-state index contributed by atoms with van der Waals surface area (Å²) < 4.78 is 0. The number of H-pyrrole nitrogens is 1. The second kappa shape index (κ2) is 5.21. The van der Waals surface area contributed by atoms with Crippen LogP contribution in [0.15, 0.2) is 72.8 Å². The zero-order chi connectivity index (χ0) is 15.8. The second-order valence-corrected chi connectivity index (χ2v) is 5.52. The second-order valence-electron chi connectivity index (χ2n) is 5.52. The highest BCUT2D eigenvalue weighted by atomic mass is 16.3. The Bertz CT molecular complexity index is 970. The molecule has 4 rings (SSSR count). The van der Waals surface area contributed by atoms with E-state index in [9.17, 15) is 10.2 Å². The number of hydrogen-bond donors (Lipinski definition) is 3. The summed E-state index contributed by atoms with van der Waals surface area (Å²) in [4.78, 5) is 3.40. The topological polar surface area (TPSA) is 56.2 Å². The average molecular weight is 301 g/mol. The molecule has 0 amide bonds. The van der Waals surface area contributed by atoms with Crippen LogP contribution in [-0.2, 0) is 0 Å². The van der Waals surface area contributed by atoms with Crippen molar-refractivity contribution < 1.29 is 10.2 Å². The van der Waals surface area contributed by atoms with Crippen LogP contribution in [0.2, 0.25) is 0 Å². The first-order valence-corrected chi connectivity index (χ1v) is 7.42. The van der Waals surface area contributed by atoms with Gasteiger partial charge in [0, 0.05) is 17.0 Å². The number of fused-ring (bicyclic) bond motifs is 1. The minimum Gasteiger partial charge on any atom is -0.508 e. The van der Waals surface area contributed by atoms with E-state index in [1.54, 1.807) is 24.3 Å². The van der Waals surface area contributed by atoms with Crippen LogP contribution in [-0.4, -0.2) is 15.2 Å². The lowest BCUT2D eigenvalue weighted by Crippen LogP contribution is -1.82. The largest absolute Gasteiger partial charge is 0.508 e. The highest BCUT2D eigenvalue weighted by molar-refractivity contribution is 6.04. The molecule has 0 radical (unpaired) electrons. The summed E-state index contributed by atoms with van der Waals surface area (Å²) in [6.07, 6.45) is 0. The fourth-order valence-corrected chi connectivity index (χ4v) is 2.93. The SMILES string of the molecule is Oc1ccc(-c2[nH]c3cc(O)ccc3c2-c2ccccc2)cc1. The van der Waals surface area contributed by atoms with Gasteiger partial charge in [0.05, 0.1) is 11.2 Å². The van der Waals surface area contributed by atoms with Crippen LogP contribution in [0.1, 0.15) is 0 Å². The molecule has 0 bridgehead atoms. The number of benzene rings is 3. The Balaban J connectivity index is 2.04. The quantitative estimate of drug-likeness (QED) is 0.492. The summed E-state index contributed by atoms with van der Waals surface area (Å²) in [5, 5.41) is 20.3. The van der Waals surface area contributed by atoms with E-state index < -0.39 is 0 Å². The lowest BCUT2D eigenvalue weighted by molar-refractivity contribution is 0.475. The van der Waals surface area contributed by atoms with Crippen molar-refractivity contribution in [2.75, 3.05) is 0 Å². The molecule has 23 heavy (non-hydrogen) atoms. The number of phenolic OH excluding ortho intramolecular Hbond substituents is 2. The standard InChI is InChI=1S/C20H15NO2/c22-15-8-6-14(7-9-15)20-19(13-4-2-1-3-5-13)17-11-10-16(23)12-18(17)21-20/h1-12,21-23H. The van der Waals surface area contributed by atoms with E-state index in [0.717, 1.165) is 33.3 Å². The van der Waals surface area contributed by atoms with E-state index in [1.807, 2.05) is 36.4 Å². The van der Waals surface area contributed by atoms with Crippen molar-refractivity contribution in [3.05, 3.63) is 72.8 Å². The van der Waals surface area contributed by atoms with Gasteiger partial charge in [0.25, 0.3) is 0 Å². The zero-order valence-electron chi connectivity index (χ0n) is 12.3. The van der Waals surface area contributed by atoms with Crippen molar-refractivity contribution in [1.82, 2.24) is 4.98 Å².